The zero-order chi connectivity index (χ0) is 29.0. The van der Waals surface area contributed by atoms with Gasteiger partial charge in [-0.3, -0.25) is 19.2 Å². The molecule has 0 N–H and O–H groups in total. The number of carbonyl (C=O) groups excluding carboxylic acids is 4. The molecule has 38 heavy (non-hydrogen) atoms. The maximum Gasteiger partial charge on any atom is 0.171 e. The molecule has 0 spiro atoms. The number of carbonyl (C=O) groups is 4. The zero-order valence-corrected chi connectivity index (χ0v) is 24.7. The van der Waals surface area contributed by atoms with Gasteiger partial charge in [-0.25, -0.2) is 0 Å². The summed E-state index contributed by atoms with van der Waals surface area (Å²) in [5, 5.41) is 0. The smallest absolute Gasteiger partial charge is 0.171 e. The van der Waals surface area contributed by atoms with Crippen molar-refractivity contribution in [2.45, 2.75) is 87.5 Å². The minimum atomic E-state index is -1.12. The third kappa shape index (κ3) is 10.1. The number of rotatable bonds is 20. The molecule has 0 saturated carbocycles. The first kappa shape index (κ1) is 33.6. The molecule has 0 amide bonds. The molecule has 1 aromatic carbocycles. The Balaban J connectivity index is 2.92. The summed E-state index contributed by atoms with van der Waals surface area (Å²) in [5.41, 5.74) is -1.63. The number of aryl methyl sites for hydroxylation is 1. The first-order valence-electron chi connectivity index (χ1n) is 13.7. The summed E-state index contributed by atoms with van der Waals surface area (Å²) < 4.78 is 17.8. The third-order valence-corrected chi connectivity index (χ3v) is 7.72. The molecule has 0 fully saturated rings. The summed E-state index contributed by atoms with van der Waals surface area (Å²) in [6.07, 6.45) is 5.17. The van der Waals surface area contributed by atoms with E-state index < -0.39 is 16.2 Å². The summed E-state index contributed by atoms with van der Waals surface area (Å²) in [7, 11) is 0. The van der Waals surface area contributed by atoms with Gasteiger partial charge in [-0.2, -0.15) is 0 Å². The Hall–Kier alpha value is -2.38. The van der Waals surface area contributed by atoms with Crippen LogP contribution in [0, 0.1) is 16.2 Å². The maximum absolute atomic E-state index is 12.6. The highest BCUT2D eigenvalue weighted by Gasteiger charge is 2.36. The second-order valence-corrected chi connectivity index (χ2v) is 11.4. The topological polar surface area (TPSA) is 96.0 Å². The van der Waals surface area contributed by atoms with Crippen LogP contribution in [0.4, 0.5) is 0 Å². The van der Waals surface area contributed by atoms with E-state index in [1.54, 1.807) is 27.7 Å². The van der Waals surface area contributed by atoms with E-state index in [2.05, 4.69) is 19.1 Å². The van der Waals surface area contributed by atoms with E-state index >= 15 is 0 Å². The van der Waals surface area contributed by atoms with Crippen molar-refractivity contribution in [2.75, 3.05) is 33.0 Å². The van der Waals surface area contributed by atoms with Crippen LogP contribution in [0.15, 0.2) is 24.3 Å². The number of hydrogen-bond donors (Lipinski definition) is 0. The van der Waals surface area contributed by atoms with Crippen molar-refractivity contribution in [3.63, 3.8) is 0 Å². The van der Waals surface area contributed by atoms with Gasteiger partial charge in [0.05, 0.1) is 36.1 Å². The Morgan fingerprint density at radius 2 is 1.18 bits per heavy atom. The Morgan fingerprint density at radius 1 is 0.711 bits per heavy atom. The molecule has 7 nitrogen and oxygen atoms in total. The predicted octanol–water partition coefficient (Wildman–Crippen LogP) is 5.60. The Kier molecular flexibility index (Phi) is 13.5. The second kappa shape index (κ2) is 15.3. The van der Waals surface area contributed by atoms with Crippen LogP contribution in [-0.4, -0.2) is 56.2 Å². The van der Waals surface area contributed by atoms with Gasteiger partial charge in [0, 0.05) is 0 Å². The van der Waals surface area contributed by atoms with Crippen LogP contribution in [0.5, 0.6) is 5.75 Å². The van der Waals surface area contributed by atoms with Crippen molar-refractivity contribution < 1.29 is 33.4 Å². The molecule has 214 valence electrons. The van der Waals surface area contributed by atoms with Gasteiger partial charge in [-0.15, -0.1) is 0 Å². The highest BCUT2D eigenvalue weighted by molar-refractivity contribution is 6.06. The molecule has 1 aromatic rings. The molecule has 1 rings (SSSR count). The van der Waals surface area contributed by atoms with Crippen molar-refractivity contribution in [1.29, 1.82) is 0 Å². The van der Waals surface area contributed by atoms with E-state index in [4.69, 9.17) is 14.2 Å². The first-order chi connectivity index (χ1) is 17.7. The second-order valence-electron chi connectivity index (χ2n) is 11.4. The molecule has 0 aliphatic heterocycles. The van der Waals surface area contributed by atoms with Gasteiger partial charge >= 0.3 is 0 Å². The Morgan fingerprint density at radius 3 is 1.58 bits per heavy atom. The Bertz CT molecular complexity index is 884. The number of hydrogen-bond acceptors (Lipinski definition) is 7. The summed E-state index contributed by atoms with van der Waals surface area (Å²) in [5.74, 6) is -0.319. The van der Waals surface area contributed by atoms with Gasteiger partial charge in [0.2, 0.25) is 0 Å². The largest absolute Gasteiger partial charge is 0.493 e. The summed E-state index contributed by atoms with van der Waals surface area (Å²) in [4.78, 5) is 48.8. The third-order valence-electron chi connectivity index (χ3n) is 7.72. The lowest BCUT2D eigenvalue weighted by Crippen LogP contribution is -2.41. The molecular formula is C31H48O7. The fourth-order valence-electron chi connectivity index (χ4n) is 3.47. The SMILES string of the molecule is CCCCCc1ccc(OCC(CC)(COCC(=O)C(C)(C)C(C)=O)COCC(=O)C(C)(C)C(C)=O)cc1. The molecule has 0 atom stereocenters. The van der Waals surface area contributed by atoms with E-state index in [-0.39, 0.29) is 56.2 Å². The van der Waals surface area contributed by atoms with Crippen molar-refractivity contribution in [3.8, 4) is 5.75 Å². The van der Waals surface area contributed by atoms with E-state index in [0.29, 0.717) is 12.2 Å². The van der Waals surface area contributed by atoms with Gasteiger partial charge < -0.3 is 14.2 Å². The van der Waals surface area contributed by atoms with Crippen LogP contribution in [0.2, 0.25) is 0 Å². The van der Waals surface area contributed by atoms with Crippen LogP contribution in [0.25, 0.3) is 0 Å². The number of ketones is 4. The molecule has 0 heterocycles. The van der Waals surface area contributed by atoms with Crippen molar-refractivity contribution in [3.05, 3.63) is 29.8 Å². The van der Waals surface area contributed by atoms with Crippen LogP contribution >= 0.6 is 0 Å². The molecular weight excluding hydrogens is 484 g/mol. The van der Waals surface area contributed by atoms with Crippen LogP contribution < -0.4 is 4.74 Å². The van der Waals surface area contributed by atoms with Crippen molar-refractivity contribution >= 4 is 23.1 Å². The number of benzene rings is 1. The average Bonchev–Trinajstić information content (AvgIpc) is 2.87. The minimum Gasteiger partial charge on any atom is -0.493 e. The number of Topliss-reactive ketones (excluding diaryl/α,β-unsaturated/α-hetero) is 4. The monoisotopic (exact) mass is 532 g/mol. The average molecular weight is 533 g/mol. The van der Waals surface area contributed by atoms with E-state index in [0.717, 1.165) is 12.8 Å². The maximum atomic E-state index is 12.6. The van der Waals surface area contributed by atoms with Crippen molar-refractivity contribution in [2.24, 2.45) is 16.2 Å². The fraction of sp³-hybridized carbons (Fsp3) is 0.677. The van der Waals surface area contributed by atoms with Gasteiger partial charge in [0.15, 0.2) is 11.6 Å². The van der Waals surface area contributed by atoms with E-state index in [1.807, 2.05) is 19.1 Å². The lowest BCUT2D eigenvalue weighted by molar-refractivity contribution is -0.143. The fourth-order valence-corrected chi connectivity index (χ4v) is 3.47. The van der Waals surface area contributed by atoms with E-state index in [1.165, 1.54) is 32.3 Å². The van der Waals surface area contributed by atoms with Gasteiger partial charge in [-0.1, -0.05) is 38.8 Å². The molecule has 0 aliphatic carbocycles. The lowest BCUT2D eigenvalue weighted by atomic mass is 9.84. The Labute approximate surface area is 229 Å². The zero-order valence-electron chi connectivity index (χ0n) is 24.7. The number of ether oxygens (including phenoxy) is 3. The van der Waals surface area contributed by atoms with Gasteiger partial charge in [-0.05, 0) is 78.5 Å². The van der Waals surface area contributed by atoms with E-state index in [9.17, 15) is 19.2 Å². The van der Waals surface area contributed by atoms with Crippen LogP contribution in [-0.2, 0) is 35.1 Å². The molecule has 0 radical (unpaired) electrons. The number of unbranched alkanes of at least 4 members (excludes halogenated alkanes) is 2. The molecule has 7 heteroatoms. The molecule has 0 aliphatic rings. The molecule has 0 saturated heterocycles. The molecule has 0 bridgehead atoms. The summed E-state index contributed by atoms with van der Waals surface area (Å²) in [6, 6.07) is 8.02. The van der Waals surface area contributed by atoms with Crippen LogP contribution in [0.3, 0.4) is 0 Å². The normalized spacial score (nSPS) is 12.3. The van der Waals surface area contributed by atoms with Crippen LogP contribution in [0.1, 0.15) is 86.6 Å². The minimum absolute atomic E-state index is 0.141. The highest BCUT2D eigenvalue weighted by atomic mass is 16.5. The predicted molar refractivity (Wildman–Crippen MR) is 148 cm³/mol. The summed E-state index contributed by atoms with van der Waals surface area (Å²) in [6.45, 7) is 13.4. The van der Waals surface area contributed by atoms with Gasteiger partial charge in [0.1, 0.15) is 30.5 Å². The summed E-state index contributed by atoms with van der Waals surface area (Å²) >= 11 is 0. The lowest BCUT2D eigenvalue weighted by Gasteiger charge is -2.33. The van der Waals surface area contributed by atoms with Crippen molar-refractivity contribution in [1.82, 2.24) is 0 Å². The highest BCUT2D eigenvalue weighted by Crippen LogP contribution is 2.27. The van der Waals surface area contributed by atoms with Gasteiger partial charge in [0.25, 0.3) is 0 Å². The standard InChI is InChI=1S/C31H48O7/c1-9-11-12-13-25-14-16-26(17-15-25)38-22-31(10-2,20-36-18-27(34)29(5,6)23(3)32)21-37-19-28(35)30(7,8)24(4)33/h14-17H,9-13,18-22H2,1-8H3. The molecule has 0 aromatic heterocycles. The first-order valence-corrected chi connectivity index (χ1v) is 13.7. The molecule has 0 unspecified atom stereocenters. The quantitative estimate of drug-likeness (QED) is 0.159.